The number of amides is 2. The van der Waals surface area contributed by atoms with Crippen molar-refractivity contribution in [1.29, 1.82) is 0 Å². The first-order chi connectivity index (χ1) is 9.99. The van der Waals surface area contributed by atoms with Gasteiger partial charge in [0.2, 0.25) is 5.91 Å². The fourth-order valence-corrected chi connectivity index (χ4v) is 2.84. The van der Waals surface area contributed by atoms with Crippen LogP contribution in [0.3, 0.4) is 0 Å². The van der Waals surface area contributed by atoms with Crippen LogP contribution in [0.4, 0.5) is 5.69 Å². The number of nitrogens with two attached hydrogens (primary N) is 1. The first kappa shape index (κ1) is 15.8. The lowest BCUT2D eigenvalue weighted by Gasteiger charge is -2.29. The molecule has 1 unspecified atom stereocenters. The molecule has 1 heterocycles. The second-order valence-corrected chi connectivity index (χ2v) is 6.23. The molecule has 0 radical (unpaired) electrons. The van der Waals surface area contributed by atoms with Crippen molar-refractivity contribution in [2.24, 2.45) is 0 Å². The molecule has 1 atom stereocenters. The lowest BCUT2D eigenvalue weighted by atomic mass is 10.1. The van der Waals surface area contributed by atoms with Crippen LogP contribution in [0.25, 0.3) is 0 Å². The number of piperidine rings is 1. The summed E-state index contributed by atoms with van der Waals surface area (Å²) in [6.07, 6.45) is 3.23. The minimum atomic E-state index is -0.543. The lowest BCUT2D eigenvalue weighted by molar-refractivity contribution is -0.133. The van der Waals surface area contributed by atoms with E-state index in [1.165, 1.54) is 6.42 Å². The first-order valence-electron chi connectivity index (χ1n) is 7.13. The van der Waals surface area contributed by atoms with E-state index in [0.717, 1.165) is 30.4 Å². The van der Waals surface area contributed by atoms with Crippen LogP contribution in [0.1, 0.15) is 36.5 Å². The minimum Gasteiger partial charge on any atom is -0.398 e. The third kappa shape index (κ3) is 3.97. The highest BCUT2D eigenvalue weighted by atomic mass is 79.9. The summed E-state index contributed by atoms with van der Waals surface area (Å²) < 4.78 is 0.814. The van der Waals surface area contributed by atoms with E-state index in [0.29, 0.717) is 11.3 Å². The summed E-state index contributed by atoms with van der Waals surface area (Å²) in [6, 6.07) is 4.53. The maximum atomic E-state index is 12.3. The SMILES string of the molecule is CC(NC(=O)c1ccc(Br)cc1N)C(=O)N1CCCCC1. The summed E-state index contributed by atoms with van der Waals surface area (Å²) in [5.41, 5.74) is 6.60. The van der Waals surface area contributed by atoms with Gasteiger partial charge in [0, 0.05) is 23.2 Å². The fraction of sp³-hybridized carbons (Fsp3) is 0.467. The number of hydrogen-bond acceptors (Lipinski definition) is 3. The fourth-order valence-electron chi connectivity index (χ4n) is 2.46. The predicted molar refractivity (Wildman–Crippen MR) is 85.9 cm³/mol. The second kappa shape index (κ2) is 6.93. The summed E-state index contributed by atoms with van der Waals surface area (Å²) >= 11 is 3.30. The molecule has 2 rings (SSSR count). The number of nitrogens with zero attached hydrogens (tertiary/aromatic N) is 1. The van der Waals surface area contributed by atoms with E-state index in [9.17, 15) is 9.59 Å². The highest BCUT2D eigenvalue weighted by molar-refractivity contribution is 9.10. The molecule has 0 aliphatic carbocycles. The second-order valence-electron chi connectivity index (χ2n) is 5.31. The number of nitrogen functional groups attached to an aromatic ring is 1. The van der Waals surface area contributed by atoms with E-state index in [2.05, 4.69) is 21.2 Å². The molecule has 1 aliphatic rings. The zero-order valence-electron chi connectivity index (χ0n) is 12.1. The summed E-state index contributed by atoms with van der Waals surface area (Å²) in [4.78, 5) is 26.3. The Morgan fingerprint density at radius 1 is 1.29 bits per heavy atom. The Bertz CT molecular complexity index is 542. The van der Waals surface area contributed by atoms with Crippen LogP contribution in [0.5, 0.6) is 0 Å². The van der Waals surface area contributed by atoms with Gasteiger partial charge in [0.25, 0.3) is 5.91 Å². The topological polar surface area (TPSA) is 75.4 Å². The maximum Gasteiger partial charge on any atom is 0.254 e. The Balaban J connectivity index is 1.99. The Kier molecular flexibility index (Phi) is 5.22. The van der Waals surface area contributed by atoms with Gasteiger partial charge in [0.05, 0.1) is 5.56 Å². The third-order valence-electron chi connectivity index (χ3n) is 3.64. The Morgan fingerprint density at radius 3 is 2.57 bits per heavy atom. The number of benzene rings is 1. The van der Waals surface area contributed by atoms with Gasteiger partial charge >= 0.3 is 0 Å². The van der Waals surface area contributed by atoms with E-state index in [1.54, 1.807) is 25.1 Å². The van der Waals surface area contributed by atoms with Crippen molar-refractivity contribution in [3.8, 4) is 0 Å². The number of hydrogen-bond donors (Lipinski definition) is 2. The van der Waals surface area contributed by atoms with E-state index >= 15 is 0 Å². The average molecular weight is 354 g/mol. The number of rotatable bonds is 3. The molecule has 21 heavy (non-hydrogen) atoms. The number of anilines is 1. The van der Waals surface area contributed by atoms with Crippen molar-refractivity contribution in [3.63, 3.8) is 0 Å². The summed E-state index contributed by atoms with van der Waals surface area (Å²) in [6.45, 7) is 3.27. The molecule has 5 nitrogen and oxygen atoms in total. The normalized spacial score (nSPS) is 16.4. The molecule has 1 saturated heterocycles. The lowest BCUT2D eigenvalue weighted by Crippen LogP contribution is -2.48. The summed E-state index contributed by atoms with van der Waals surface area (Å²) in [5, 5.41) is 2.73. The smallest absolute Gasteiger partial charge is 0.254 e. The van der Waals surface area contributed by atoms with Gasteiger partial charge in [-0.15, -0.1) is 0 Å². The van der Waals surface area contributed by atoms with Crippen LogP contribution in [0.2, 0.25) is 0 Å². The predicted octanol–water partition coefficient (Wildman–Crippen LogP) is 2.16. The van der Waals surface area contributed by atoms with Gasteiger partial charge in [-0.2, -0.15) is 0 Å². The molecule has 1 aromatic rings. The average Bonchev–Trinajstić information content (AvgIpc) is 2.47. The number of carbonyl (C=O) groups is 2. The molecule has 1 fully saturated rings. The van der Waals surface area contributed by atoms with Crippen LogP contribution in [-0.2, 0) is 4.79 Å². The summed E-state index contributed by atoms with van der Waals surface area (Å²) in [7, 11) is 0. The zero-order valence-corrected chi connectivity index (χ0v) is 13.6. The molecule has 1 aromatic carbocycles. The first-order valence-corrected chi connectivity index (χ1v) is 7.93. The maximum absolute atomic E-state index is 12.3. The Hall–Kier alpha value is -1.56. The molecule has 0 saturated carbocycles. The monoisotopic (exact) mass is 353 g/mol. The van der Waals surface area contributed by atoms with Crippen molar-refractivity contribution in [3.05, 3.63) is 28.2 Å². The standard InChI is InChI=1S/C15H20BrN3O2/c1-10(15(21)19-7-3-2-4-8-19)18-14(20)12-6-5-11(16)9-13(12)17/h5-6,9-10H,2-4,7-8,17H2,1H3,(H,18,20). The van der Waals surface area contributed by atoms with E-state index < -0.39 is 6.04 Å². The molecule has 3 N–H and O–H groups in total. The van der Waals surface area contributed by atoms with Crippen LogP contribution in [-0.4, -0.2) is 35.8 Å². The van der Waals surface area contributed by atoms with Gasteiger partial charge < -0.3 is 16.0 Å². The van der Waals surface area contributed by atoms with Gasteiger partial charge in [-0.25, -0.2) is 0 Å². The molecule has 0 aromatic heterocycles. The van der Waals surface area contributed by atoms with Crippen LogP contribution >= 0.6 is 15.9 Å². The zero-order chi connectivity index (χ0) is 15.4. The number of nitrogens with one attached hydrogen (secondary N) is 1. The molecular weight excluding hydrogens is 334 g/mol. The number of halogens is 1. The van der Waals surface area contributed by atoms with E-state index in [1.807, 2.05) is 4.90 Å². The number of carbonyl (C=O) groups excluding carboxylic acids is 2. The third-order valence-corrected chi connectivity index (χ3v) is 4.14. The van der Waals surface area contributed by atoms with Crippen molar-refractivity contribution in [1.82, 2.24) is 10.2 Å². The van der Waals surface area contributed by atoms with Crippen molar-refractivity contribution in [2.45, 2.75) is 32.2 Å². The molecule has 0 bridgehead atoms. The molecule has 6 heteroatoms. The van der Waals surface area contributed by atoms with Crippen molar-refractivity contribution in [2.75, 3.05) is 18.8 Å². The van der Waals surface area contributed by atoms with Gasteiger partial charge in [-0.05, 0) is 44.4 Å². The molecule has 1 aliphatic heterocycles. The van der Waals surface area contributed by atoms with Gasteiger partial charge in [0.15, 0.2) is 0 Å². The van der Waals surface area contributed by atoms with Gasteiger partial charge in [-0.1, -0.05) is 15.9 Å². The highest BCUT2D eigenvalue weighted by Gasteiger charge is 2.24. The Morgan fingerprint density at radius 2 is 1.95 bits per heavy atom. The Labute approximate surface area is 133 Å². The molecule has 0 spiro atoms. The van der Waals surface area contributed by atoms with Gasteiger partial charge in [-0.3, -0.25) is 9.59 Å². The van der Waals surface area contributed by atoms with Crippen LogP contribution < -0.4 is 11.1 Å². The van der Waals surface area contributed by atoms with Crippen molar-refractivity contribution >= 4 is 33.4 Å². The highest BCUT2D eigenvalue weighted by Crippen LogP contribution is 2.18. The summed E-state index contributed by atoms with van der Waals surface area (Å²) in [5.74, 6) is -0.350. The van der Waals surface area contributed by atoms with Crippen LogP contribution in [0, 0.1) is 0 Å². The molecule has 2 amide bonds. The quantitative estimate of drug-likeness (QED) is 0.817. The minimum absolute atomic E-state index is 0.0290. The van der Waals surface area contributed by atoms with Gasteiger partial charge in [0.1, 0.15) is 6.04 Å². The van der Waals surface area contributed by atoms with E-state index in [-0.39, 0.29) is 11.8 Å². The molecular formula is C15H20BrN3O2. The van der Waals surface area contributed by atoms with Crippen LogP contribution in [0.15, 0.2) is 22.7 Å². The van der Waals surface area contributed by atoms with E-state index in [4.69, 9.17) is 5.73 Å². The molecule has 114 valence electrons. The largest absolute Gasteiger partial charge is 0.398 e. The number of likely N-dealkylation sites (tertiary alicyclic amines) is 1. The van der Waals surface area contributed by atoms with Crippen molar-refractivity contribution < 1.29 is 9.59 Å².